The quantitative estimate of drug-likeness (QED) is 0.257. The molecule has 5 aromatic rings. The zero-order valence-corrected chi connectivity index (χ0v) is 22.7. The topological polar surface area (TPSA) is 142 Å². The third-order valence-corrected chi connectivity index (χ3v) is 7.69. The molecule has 1 aromatic carbocycles. The Morgan fingerprint density at radius 2 is 2.02 bits per heavy atom. The first-order valence-corrected chi connectivity index (χ1v) is 13.9. The Morgan fingerprint density at radius 3 is 2.80 bits per heavy atom. The van der Waals surface area contributed by atoms with Crippen LogP contribution in [-0.4, -0.2) is 87.3 Å². The van der Waals surface area contributed by atoms with Crippen molar-refractivity contribution < 1.29 is 19.4 Å². The van der Waals surface area contributed by atoms with E-state index >= 15 is 0 Å². The maximum absolute atomic E-state index is 12.0. The summed E-state index contributed by atoms with van der Waals surface area (Å²) in [4.78, 5) is 35.9. The molecule has 6 rings (SSSR count). The monoisotopic (exact) mass is 560 g/mol. The predicted molar refractivity (Wildman–Crippen MR) is 152 cm³/mol. The van der Waals surface area contributed by atoms with E-state index in [1.165, 1.54) is 12.4 Å². The smallest absolute Gasteiger partial charge is 0.341 e. The minimum Gasteiger partial charge on any atom is -0.462 e. The first kappa shape index (κ1) is 26.0. The van der Waals surface area contributed by atoms with Gasteiger partial charge < -0.3 is 24.4 Å². The van der Waals surface area contributed by atoms with Crippen LogP contribution in [0.2, 0.25) is 0 Å². The Kier molecular flexibility index (Phi) is 7.49. The Morgan fingerprint density at radius 1 is 1.20 bits per heavy atom. The number of esters is 1. The summed E-state index contributed by atoms with van der Waals surface area (Å²) in [7, 11) is 0. The second-order valence-corrected chi connectivity index (χ2v) is 10.3. The predicted octanol–water partition coefficient (Wildman–Crippen LogP) is 3.04. The van der Waals surface area contributed by atoms with Gasteiger partial charge in [-0.25, -0.2) is 24.7 Å². The highest BCUT2D eigenvalue weighted by molar-refractivity contribution is 7.19. The average Bonchev–Trinajstić information content (AvgIpc) is 3.64. The third kappa shape index (κ3) is 5.18. The summed E-state index contributed by atoms with van der Waals surface area (Å²) in [5.41, 5.74) is 2.96. The average molecular weight is 561 g/mol. The Balaban J connectivity index is 1.37. The van der Waals surface area contributed by atoms with Gasteiger partial charge in [-0.3, -0.25) is 5.10 Å². The molecule has 0 radical (unpaired) electrons. The number of carbonyl (C=O) groups is 1. The molecule has 5 heterocycles. The maximum atomic E-state index is 12.0. The van der Waals surface area contributed by atoms with Crippen LogP contribution in [0.4, 0.5) is 11.8 Å². The molecule has 0 aliphatic carbocycles. The van der Waals surface area contributed by atoms with Crippen LogP contribution in [0.25, 0.3) is 32.5 Å². The summed E-state index contributed by atoms with van der Waals surface area (Å²) >= 11 is 1.61. The van der Waals surface area contributed by atoms with Crippen molar-refractivity contribution in [2.45, 2.75) is 13.5 Å². The van der Waals surface area contributed by atoms with Gasteiger partial charge in [0.15, 0.2) is 11.6 Å². The van der Waals surface area contributed by atoms with E-state index in [9.17, 15) is 9.90 Å². The SMILES string of the molecule is CCOC(=O)c1cnc(N(CCO)Cc2cc3nc(-c4cccc5[nH]ncc45)nc(N4CCOCC4)c3s2)nc1. The van der Waals surface area contributed by atoms with Crippen molar-refractivity contribution in [2.24, 2.45) is 0 Å². The summed E-state index contributed by atoms with van der Waals surface area (Å²) in [6.07, 6.45) is 4.69. The summed E-state index contributed by atoms with van der Waals surface area (Å²) in [5, 5.41) is 17.9. The molecule has 0 atom stereocenters. The van der Waals surface area contributed by atoms with Gasteiger partial charge in [-0.1, -0.05) is 12.1 Å². The van der Waals surface area contributed by atoms with Crippen LogP contribution in [0.15, 0.2) is 42.9 Å². The Hall–Kier alpha value is -4.20. The number of hydrogen-bond acceptors (Lipinski definition) is 12. The summed E-state index contributed by atoms with van der Waals surface area (Å²) in [6.45, 7) is 5.48. The first-order valence-electron chi connectivity index (χ1n) is 13.0. The molecule has 40 heavy (non-hydrogen) atoms. The van der Waals surface area contributed by atoms with E-state index in [0.29, 0.717) is 38.1 Å². The number of hydrogen-bond donors (Lipinski definition) is 2. The molecule has 13 heteroatoms. The highest BCUT2D eigenvalue weighted by Gasteiger charge is 2.22. The van der Waals surface area contributed by atoms with Gasteiger partial charge in [-0.2, -0.15) is 5.10 Å². The van der Waals surface area contributed by atoms with Crippen molar-refractivity contribution in [2.75, 3.05) is 55.9 Å². The number of H-pyrrole nitrogens is 1. The van der Waals surface area contributed by atoms with Gasteiger partial charge in [0.2, 0.25) is 5.95 Å². The number of nitrogens with one attached hydrogen (secondary N) is 1. The van der Waals surface area contributed by atoms with Crippen molar-refractivity contribution in [3.05, 3.63) is 53.3 Å². The van der Waals surface area contributed by atoms with Crippen molar-refractivity contribution in [3.63, 3.8) is 0 Å². The van der Waals surface area contributed by atoms with E-state index in [2.05, 4.69) is 31.1 Å². The molecular formula is C27H28N8O4S. The van der Waals surface area contributed by atoms with Crippen LogP contribution in [0, 0.1) is 0 Å². The third-order valence-electron chi connectivity index (χ3n) is 6.59. The number of aliphatic hydroxyl groups excluding tert-OH is 1. The molecule has 12 nitrogen and oxygen atoms in total. The molecule has 0 unspecified atom stereocenters. The lowest BCUT2D eigenvalue weighted by molar-refractivity contribution is 0.0525. The number of fused-ring (bicyclic) bond motifs is 2. The molecule has 2 N–H and O–H groups in total. The first-order chi connectivity index (χ1) is 19.6. The molecule has 1 fully saturated rings. The van der Waals surface area contributed by atoms with Crippen LogP contribution in [0.3, 0.4) is 0 Å². The van der Waals surface area contributed by atoms with E-state index in [1.807, 2.05) is 23.1 Å². The number of benzene rings is 1. The maximum Gasteiger partial charge on any atom is 0.341 e. The molecule has 0 saturated carbocycles. The molecular weight excluding hydrogens is 532 g/mol. The second kappa shape index (κ2) is 11.5. The van der Waals surface area contributed by atoms with E-state index in [0.717, 1.165) is 50.5 Å². The lowest BCUT2D eigenvalue weighted by Crippen LogP contribution is -2.36. The lowest BCUT2D eigenvalue weighted by Gasteiger charge is -2.28. The highest BCUT2D eigenvalue weighted by Crippen LogP contribution is 2.36. The highest BCUT2D eigenvalue weighted by atomic mass is 32.1. The fourth-order valence-corrected chi connectivity index (χ4v) is 5.81. The fraction of sp³-hybridized carbons (Fsp3) is 0.333. The largest absolute Gasteiger partial charge is 0.462 e. The Bertz CT molecular complexity index is 1630. The van der Waals surface area contributed by atoms with Gasteiger partial charge >= 0.3 is 5.97 Å². The van der Waals surface area contributed by atoms with Gasteiger partial charge in [0.1, 0.15) is 0 Å². The molecule has 0 amide bonds. The molecule has 1 saturated heterocycles. The minimum absolute atomic E-state index is 0.0778. The molecule has 1 aliphatic heterocycles. The number of aliphatic hydroxyl groups is 1. The molecule has 0 bridgehead atoms. The molecule has 206 valence electrons. The lowest BCUT2D eigenvalue weighted by atomic mass is 10.1. The summed E-state index contributed by atoms with van der Waals surface area (Å²) in [5.74, 6) is 1.45. The van der Waals surface area contributed by atoms with E-state index in [1.54, 1.807) is 24.5 Å². The summed E-state index contributed by atoms with van der Waals surface area (Å²) < 4.78 is 11.6. The Labute approximate surface area is 233 Å². The molecule has 0 spiro atoms. The normalized spacial score (nSPS) is 13.7. The van der Waals surface area contributed by atoms with Crippen molar-refractivity contribution >= 4 is 50.2 Å². The molecule has 1 aliphatic rings. The number of morpholine rings is 1. The van der Waals surface area contributed by atoms with Gasteiger partial charge in [0.05, 0.1) is 60.5 Å². The van der Waals surface area contributed by atoms with Crippen molar-refractivity contribution in [3.8, 4) is 11.4 Å². The number of nitrogens with zero attached hydrogens (tertiary/aromatic N) is 7. The number of aromatic nitrogens is 6. The number of aromatic amines is 1. The zero-order chi connectivity index (χ0) is 27.5. The molecule has 4 aromatic heterocycles. The van der Waals surface area contributed by atoms with Gasteiger partial charge in [0.25, 0.3) is 0 Å². The van der Waals surface area contributed by atoms with E-state index in [4.69, 9.17) is 19.4 Å². The van der Waals surface area contributed by atoms with Crippen LogP contribution >= 0.6 is 11.3 Å². The number of anilines is 2. The van der Waals surface area contributed by atoms with Crippen LogP contribution in [-0.2, 0) is 16.0 Å². The number of rotatable bonds is 9. The van der Waals surface area contributed by atoms with E-state index < -0.39 is 5.97 Å². The van der Waals surface area contributed by atoms with Crippen LogP contribution < -0.4 is 9.80 Å². The van der Waals surface area contributed by atoms with Crippen LogP contribution in [0.5, 0.6) is 0 Å². The van der Waals surface area contributed by atoms with Crippen LogP contribution in [0.1, 0.15) is 22.2 Å². The van der Waals surface area contributed by atoms with Crippen molar-refractivity contribution in [1.29, 1.82) is 0 Å². The van der Waals surface area contributed by atoms with Gasteiger partial charge in [-0.05, 0) is 19.1 Å². The van der Waals surface area contributed by atoms with Gasteiger partial charge in [0, 0.05) is 47.9 Å². The second-order valence-electron chi connectivity index (χ2n) is 9.17. The van der Waals surface area contributed by atoms with E-state index in [-0.39, 0.29) is 18.8 Å². The fourth-order valence-electron chi connectivity index (χ4n) is 4.68. The minimum atomic E-state index is -0.469. The standard InChI is InChI=1S/C27H28N8O4S/c1-2-39-26(37)17-13-28-27(29-14-17)35(6-9-36)16-18-12-22-23(40-18)25(34-7-10-38-11-8-34)32-24(31-22)19-4-3-5-21-20(19)15-30-33-21/h3-5,12-15,36H,2,6-11,16H2,1H3,(H,30,33). The van der Waals surface area contributed by atoms with Gasteiger partial charge in [-0.15, -0.1) is 11.3 Å². The van der Waals surface area contributed by atoms with Crippen molar-refractivity contribution in [1.82, 2.24) is 30.1 Å². The number of carbonyl (C=O) groups excluding carboxylic acids is 1. The zero-order valence-electron chi connectivity index (χ0n) is 21.9. The summed E-state index contributed by atoms with van der Waals surface area (Å²) in [6, 6.07) is 8.02. The number of ether oxygens (including phenoxy) is 2. The number of thiophene rings is 1.